The standard InChI is InChI=1S/C10H22N2S/c1-8(2)6-5-7-11-10(13)12-9(3)4/h8-9H,5-7H2,1-4H3,(H2,11,12,13). The molecule has 2 N–H and O–H groups in total. The molecule has 0 radical (unpaired) electrons. The average Bonchev–Trinajstić information content (AvgIpc) is 1.96. The lowest BCUT2D eigenvalue weighted by Gasteiger charge is -2.13. The van der Waals surface area contributed by atoms with Crippen molar-refractivity contribution < 1.29 is 0 Å². The molecular weight excluding hydrogens is 180 g/mol. The summed E-state index contributed by atoms with van der Waals surface area (Å²) < 4.78 is 0. The maximum absolute atomic E-state index is 5.09. The molecule has 0 heterocycles. The molecule has 0 aromatic rings. The molecule has 0 fully saturated rings. The molecular formula is C10H22N2S. The number of hydrogen-bond donors (Lipinski definition) is 2. The van der Waals surface area contributed by atoms with Crippen LogP contribution in [0.15, 0.2) is 0 Å². The van der Waals surface area contributed by atoms with Crippen molar-refractivity contribution in [2.24, 2.45) is 5.92 Å². The van der Waals surface area contributed by atoms with E-state index < -0.39 is 0 Å². The SMILES string of the molecule is CC(C)CCCNC(=S)NC(C)C. The van der Waals surface area contributed by atoms with Gasteiger partial charge in [0.05, 0.1) is 0 Å². The second-order valence-electron chi connectivity index (χ2n) is 4.09. The van der Waals surface area contributed by atoms with Crippen molar-refractivity contribution >= 4 is 17.3 Å². The van der Waals surface area contributed by atoms with Gasteiger partial charge in [-0.1, -0.05) is 13.8 Å². The molecule has 0 rings (SSSR count). The second kappa shape index (κ2) is 7.13. The summed E-state index contributed by atoms with van der Waals surface area (Å²) in [6.07, 6.45) is 2.45. The second-order valence-corrected chi connectivity index (χ2v) is 4.50. The molecule has 0 aliphatic heterocycles. The average molecular weight is 202 g/mol. The van der Waals surface area contributed by atoms with Gasteiger partial charge in [0.2, 0.25) is 0 Å². The van der Waals surface area contributed by atoms with E-state index in [9.17, 15) is 0 Å². The van der Waals surface area contributed by atoms with E-state index in [0.29, 0.717) is 6.04 Å². The smallest absolute Gasteiger partial charge is 0.166 e. The molecule has 0 unspecified atom stereocenters. The highest BCUT2D eigenvalue weighted by atomic mass is 32.1. The van der Waals surface area contributed by atoms with Crippen LogP contribution in [0.2, 0.25) is 0 Å². The number of hydrogen-bond acceptors (Lipinski definition) is 1. The lowest BCUT2D eigenvalue weighted by Crippen LogP contribution is -2.39. The fraction of sp³-hybridized carbons (Fsp3) is 0.900. The molecule has 0 amide bonds. The summed E-state index contributed by atoms with van der Waals surface area (Å²) in [5.74, 6) is 0.786. The van der Waals surface area contributed by atoms with Crippen molar-refractivity contribution in [3.8, 4) is 0 Å². The Morgan fingerprint density at radius 2 is 1.85 bits per heavy atom. The van der Waals surface area contributed by atoms with Crippen molar-refractivity contribution in [3.05, 3.63) is 0 Å². The Balaban J connectivity index is 3.27. The van der Waals surface area contributed by atoms with E-state index in [1.165, 1.54) is 12.8 Å². The molecule has 0 spiro atoms. The molecule has 0 aromatic carbocycles. The quantitative estimate of drug-likeness (QED) is 0.528. The molecule has 2 nitrogen and oxygen atoms in total. The Bertz CT molecular complexity index is 144. The molecule has 78 valence electrons. The first-order valence-electron chi connectivity index (χ1n) is 5.06. The van der Waals surface area contributed by atoms with Gasteiger partial charge in [-0.3, -0.25) is 0 Å². The lowest BCUT2D eigenvalue weighted by molar-refractivity contribution is 0.549. The molecule has 0 aromatic heterocycles. The van der Waals surface area contributed by atoms with E-state index in [-0.39, 0.29) is 0 Å². The van der Waals surface area contributed by atoms with Crippen molar-refractivity contribution in [1.29, 1.82) is 0 Å². The highest BCUT2D eigenvalue weighted by Crippen LogP contribution is 2.01. The third-order valence-electron chi connectivity index (χ3n) is 1.66. The number of thiocarbonyl (C=S) groups is 1. The van der Waals surface area contributed by atoms with E-state index in [1.54, 1.807) is 0 Å². The minimum atomic E-state index is 0.421. The van der Waals surface area contributed by atoms with Crippen LogP contribution in [0.25, 0.3) is 0 Å². The van der Waals surface area contributed by atoms with Crippen molar-refractivity contribution in [1.82, 2.24) is 10.6 Å². The largest absolute Gasteiger partial charge is 0.363 e. The first-order valence-corrected chi connectivity index (χ1v) is 5.47. The van der Waals surface area contributed by atoms with Gasteiger partial charge in [0.15, 0.2) is 5.11 Å². The fourth-order valence-electron chi connectivity index (χ4n) is 1.03. The Kier molecular flexibility index (Phi) is 6.96. The van der Waals surface area contributed by atoms with Crippen LogP contribution in [-0.4, -0.2) is 17.7 Å². The zero-order valence-electron chi connectivity index (χ0n) is 9.18. The van der Waals surface area contributed by atoms with E-state index in [2.05, 4.69) is 38.3 Å². The maximum Gasteiger partial charge on any atom is 0.166 e. The number of rotatable bonds is 5. The third-order valence-corrected chi connectivity index (χ3v) is 1.93. The zero-order valence-corrected chi connectivity index (χ0v) is 10.0. The molecule has 0 saturated carbocycles. The molecule has 0 aliphatic carbocycles. The van der Waals surface area contributed by atoms with E-state index in [4.69, 9.17) is 12.2 Å². The van der Waals surface area contributed by atoms with Crippen LogP contribution in [0.1, 0.15) is 40.5 Å². The van der Waals surface area contributed by atoms with Gasteiger partial charge in [-0.25, -0.2) is 0 Å². The Hall–Kier alpha value is -0.310. The minimum Gasteiger partial charge on any atom is -0.363 e. The third kappa shape index (κ3) is 9.61. The minimum absolute atomic E-state index is 0.421. The monoisotopic (exact) mass is 202 g/mol. The first-order chi connectivity index (χ1) is 6.02. The molecule has 0 aliphatic rings. The Labute approximate surface area is 87.5 Å². The van der Waals surface area contributed by atoms with Crippen LogP contribution in [0.3, 0.4) is 0 Å². The van der Waals surface area contributed by atoms with Gasteiger partial charge in [-0.15, -0.1) is 0 Å². The van der Waals surface area contributed by atoms with Gasteiger partial charge in [0.25, 0.3) is 0 Å². The lowest BCUT2D eigenvalue weighted by atomic mass is 10.1. The van der Waals surface area contributed by atoms with Crippen LogP contribution >= 0.6 is 12.2 Å². The number of nitrogens with one attached hydrogen (secondary N) is 2. The molecule has 0 atom stereocenters. The van der Waals surface area contributed by atoms with E-state index >= 15 is 0 Å². The highest BCUT2D eigenvalue weighted by molar-refractivity contribution is 7.80. The summed E-state index contributed by atoms with van der Waals surface area (Å²) in [5.41, 5.74) is 0. The first kappa shape index (κ1) is 12.7. The molecule has 0 saturated heterocycles. The van der Waals surface area contributed by atoms with Gasteiger partial charge in [0.1, 0.15) is 0 Å². The van der Waals surface area contributed by atoms with Crippen LogP contribution in [0, 0.1) is 5.92 Å². The summed E-state index contributed by atoms with van der Waals surface area (Å²) in [6, 6.07) is 0.421. The summed E-state index contributed by atoms with van der Waals surface area (Å²) in [6.45, 7) is 9.64. The predicted octanol–water partition coefficient (Wildman–Crippen LogP) is 2.30. The summed E-state index contributed by atoms with van der Waals surface area (Å²) in [5, 5.41) is 7.12. The van der Waals surface area contributed by atoms with Crippen LogP contribution in [0.4, 0.5) is 0 Å². The van der Waals surface area contributed by atoms with Crippen LogP contribution in [0.5, 0.6) is 0 Å². The summed E-state index contributed by atoms with van der Waals surface area (Å²) >= 11 is 5.09. The van der Waals surface area contributed by atoms with Crippen molar-refractivity contribution in [2.45, 2.75) is 46.6 Å². The van der Waals surface area contributed by atoms with Gasteiger partial charge in [-0.2, -0.15) is 0 Å². The summed E-state index contributed by atoms with van der Waals surface area (Å²) in [7, 11) is 0. The Morgan fingerprint density at radius 3 is 2.31 bits per heavy atom. The van der Waals surface area contributed by atoms with Crippen LogP contribution in [-0.2, 0) is 0 Å². The van der Waals surface area contributed by atoms with Crippen LogP contribution < -0.4 is 10.6 Å². The van der Waals surface area contributed by atoms with Gasteiger partial charge in [0, 0.05) is 12.6 Å². The van der Waals surface area contributed by atoms with Crippen molar-refractivity contribution in [3.63, 3.8) is 0 Å². The topological polar surface area (TPSA) is 24.1 Å². The highest BCUT2D eigenvalue weighted by Gasteiger charge is 1.97. The van der Waals surface area contributed by atoms with Gasteiger partial charge < -0.3 is 10.6 Å². The normalized spacial score (nSPS) is 10.6. The molecule has 0 bridgehead atoms. The maximum atomic E-state index is 5.09. The molecule has 3 heteroatoms. The zero-order chi connectivity index (χ0) is 10.3. The van der Waals surface area contributed by atoms with Crippen molar-refractivity contribution in [2.75, 3.05) is 6.54 Å². The van der Waals surface area contributed by atoms with E-state index in [1.807, 2.05) is 0 Å². The molecule has 13 heavy (non-hydrogen) atoms. The van der Waals surface area contributed by atoms with E-state index in [0.717, 1.165) is 17.6 Å². The van der Waals surface area contributed by atoms with Gasteiger partial charge >= 0.3 is 0 Å². The Morgan fingerprint density at radius 1 is 1.23 bits per heavy atom. The summed E-state index contributed by atoms with van der Waals surface area (Å²) in [4.78, 5) is 0. The fourth-order valence-corrected chi connectivity index (χ4v) is 1.36. The predicted molar refractivity (Wildman–Crippen MR) is 62.9 cm³/mol. The van der Waals surface area contributed by atoms with Gasteiger partial charge in [-0.05, 0) is 44.8 Å².